The highest BCUT2D eigenvalue weighted by Crippen LogP contribution is 2.24. The van der Waals surface area contributed by atoms with Crippen molar-refractivity contribution in [1.29, 1.82) is 0 Å². The van der Waals surface area contributed by atoms with Crippen LogP contribution >= 0.6 is 22.6 Å². The molecule has 2 aromatic heterocycles. The van der Waals surface area contributed by atoms with Crippen LogP contribution in [-0.4, -0.2) is 36.3 Å². The molecule has 1 fully saturated rings. The monoisotopic (exact) mass is 343 g/mol. The second kappa shape index (κ2) is 4.81. The lowest BCUT2D eigenvalue weighted by Gasteiger charge is -2.21. The van der Waals surface area contributed by atoms with Crippen LogP contribution in [0.4, 0.5) is 5.69 Å². The smallest absolute Gasteiger partial charge is 0.138 e. The number of anilines is 1. The van der Waals surface area contributed by atoms with Crippen molar-refractivity contribution in [3.05, 3.63) is 22.0 Å². The summed E-state index contributed by atoms with van der Waals surface area (Å²) in [5.74, 6) is 0. The minimum Gasteiger partial charge on any atom is -0.380 e. The van der Waals surface area contributed by atoms with Gasteiger partial charge in [-0.05, 0) is 35.1 Å². The van der Waals surface area contributed by atoms with Crippen LogP contribution in [0.3, 0.4) is 0 Å². The first-order chi connectivity index (χ1) is 8.34. The van der Waals surface area contributed by atoms with Gasteiger partial charge >= 0.3 is 0 Å². The first kappa shape index (κ1) is 11.3. The number of ether oxygens (including phenoxy) is 1. The Morgan fingerprint density at radius 1 is 1.35 bits per heavy atom. The highest BCUT2D eigenvalue weighted by atomic mass is 127. The van der Waals surface area contributed by atoms with Gasteiger partial charge in [0, 0.05) is 34.8 Å². The summed E-state index contributed by atoms with van der Waals surface area (Å²) in [6, 6.07) is 2.21. The predicted molar refractivity (Wildman–Crippen MR) is 76.5 cm³/mol. The summed E-state index contributed by atoms with van der Waals surface area (Å²) in [6.45, 7) is 3.68. The zero-order valence-corrected chi connectivity index (χ0v) is 11.6. The number of rotatable bonds is 1. The van der Waals surface area contributed by atoms with Crippen molar-refractivity contribution in [2.75, 3.05) is 31.2 Å². The van der Waals surface area contributed by atoms with Gasteiger partial charge in [-0.2, -0.15) is 0 Å². The molecule has 2 aromatic rings. The molecule has 5 heteroatoms. The van der Waals surface area contributed by atoms with Crippen LogP contribution in [0.25, 0.3) is 11.0 Å². The standard InChI is InChI=1S/C12H14IN3O/c13-11-8-15-12-10(11)6-9(7-14-12)16-2-1-4-17-5-3-16/h6-8H,1-5H2,(H,14,15). The molecule has 0 unspecified atom stereocenters. The van der Waals surface area contributed by atoms with Gasteiger partial charge < -0.3 is 14.6 Å². The van der Waals surface area contributed by atoms with E-state index in [0.29, 0.717) is 0 Å². The molecular weight excluding hydrogens is 329 g/mol. The van der Waals surface area contributed by atoms with Gasteiger partial charge in [-0.15, -0.1) is 0 Å². The number of halogens is 1. The Kier molecular flexibility index (Phi) is 3.19. The van der Waals surface area contributed by atoms with Crippen LogP contribution in [0.1, 0.15) is 6.42 Å². The maximum Gasteiger partial charge on any atom is 0.138 e. The molecular formula is C12H14IN3O. The number of fused-ring (bicyclic) bond motifs is 1. The van der Waals surface area contributed by atoms with E-state index in [-0.39, 0.29) is 0 Å². The lowest BCUT2D eigenvalue weighted by Crippen LogP contribution is -2.25. The van der Waals surface area contributed by atoms with Gasteiger partial charge in [0.15, 0.2) is 0 Å². The molecule has 0 aliphatic carbocycles. The fraction of sp³-hybridized carbons (Fsp3) is 0.417. The molecule has 0 atom stereocenters. The summed E-state index contributed by atoms with van der Waals surface area (Å²) in [5.41, 5.74) is 2.16. The maximum absolute atomic E-state index is 5.47. The van der Waals surface area contributed by atoms with Gasteiger partial charge in [0.2, 0.25) is 0 Å². The fourth-order valence-corrected chi connectivity index (χ4v) is 2.70. The number of nitrogens with one attached hydrogen (secondary N) is 1. The lowest BCUT2D eigenvalue weighted by atomic mass is 10.3. The number of aromatic amines is 1. The Labute approximate surface area is 113 Å². The fourth-order valence-electron chi connectivity index (χ4n) is 2.14. The Balaban J connectivity index is 1.95. The van der Waals surface area contributed by atoms with Gasteiger partial charge in [0.25, 0.3) is 0 Å². The predicted octanol–water partition coefficient (Wildman–Crippen LogP) is 2.39. The van der Waals surface area contributed by atoms with Crippen molar-refractivity contribution in [3.8, 4) is 0 Å². The number of nitrogens with zero attached hydrogens (tertiary/aromatic N) is 2. The van der Waals surface area contributed by atoms with Crippen LogP contribution in [0.15, 0.2) is 18.5 Å². The molecule has 0 radical (unpaired) electrons. The van der Waals surface area contributed by atoms with E-state index >= 15 is 0 Å². The molecule has 3 heterocycles. The second-order valence-electron chi connectivity index (χ2n) is 4.18. The van der Waals surface area contributed by atoms with Crippen molar-refractivity contribution in [2.45, 2.75) is 6.42 Å². The lowest BCUT2D eigenvalue weighted by molar-refractivity contribution is 0.152. The van der Waals surface area contributed by atoms with Crippen molar-refractivity contribution in [2.24, 2.45) is 0 Å². The van der Waals surface area contributed by atoms with E-state index in [1.54, 1.807) is 0 Å². The summed E-state index contributed by atoms with van der Waals surface area (Å²) in [4.78, 5) is 9.98. The Morgan fingerprint density at radius 3 is 3.24 bits per heavy atom. The molecule has 1 N–H and O–H groups in total. The molecule has 0 spiro atoms. The third-order valence-corrected chi connectivity index (χ3v) is 3.95. The minimum atomic E-state index is 0.808. The Morgan fingerprint density at radius 2 is 2.29 bits per heavy atom. The van der Waals surface area contributed by atoms with Crippen LogP contribution in [0.2, 0.25) is 0 Å². The van der Waals surface area contributed by atoms with E-state index in [1.807, 2.05) is 12.4 Å². The van der Waals surface area contributed by atoms with E-state index in [4.69, 9.17) is 4.74 Å². The number of aromatic nitrogens is 2. The maximum atomic E-state index is 5.47. The summed E-state index contributed by atoms with van der Waals surface area (Å²) < 4.78 is 6.69. The average molecular weight is 343 g/mol. The normalized spacial score (nSPS) is 17.4. The van der Waals surface area contributed by atoms with E-state index in [0.717, 1.165) is 38.4 Å². The summed E-state index contributed by atoms with van der Waals surface area (Å²) in [7, 11) is 0. The van der Waals surface area contributed by atoms with Gasteiger partial charge in [-0.25, -0.2) is 4.98 Å². The third kappa shape index (κ3) is 2.26. The third-order valence-electron chi connectivity index (χ3n) is 3.05. The molecule has 0 amide bonds. The molecule has 0 saturated carbocycles. The molecule has 1 aliphatic rings. The molecule has 1 saturated heterocycles. The molecule has 0 bridgehead atoms. The molecule has 0 aromatic carbocycles. The van der Waals surface area contributed by atoms with Crippen LogP contribution in [-0.2, 0) is 4.74 Å². The van der Waals surface area contributed by atoms with E-state index in [1.165, 1.54) is 14.6 Å². The zero-order valence-electron chi connectivity index (χ0n) is 9.45. The van der Waals surface area contributed by atoms with Gasteiger partial charge in [0.05, 0.1) is 18.5 Å². The quantitative estimate of drug-likeness (QED) is 0.809. The average Bonchev–Trinajstić information content (AvgIpc) is 2.58. The van der Waals surface area contributed by atoms with Crippen LogP contribution < -0.4 is 4.90 Å². The SMILES string of the molecule is Ic1c[nH]c2ncc(N3CCCOCC3)cc12. The highest BCUT2D eigenvalue weighted by Gasteiger charge is 2.12. The number of H-pyrrole nitrogens is 1. The number of pyridine rings is 1. The van der Waals surface area contributed by atoms with Crippen molar-refractivity contribution in [1.82, 2.24) is 9.97 Å². The summed E-state index contributed by atoms with van der Waals surface area (Å²) in [6.07, 6.45) is 5.02. The molecule has 17 heavy (non-hydrogen) atoms. The molecule has 90 valence electrons. The Bertz CT molecular complexity index is 517. The van der Waals surface area contributed by atoms with Gasteiger partial charge in [-0.3, -0.25) is 0 Å². The summed E-state index contributed by atoms with van der Waals surface area (Å²) in [5, 5.41) is 1.20. The zero-order chi connectivity index (χ0) is 11.7. The Hall–Kier alpha value is -0.820. The molecule has 3 rings (SSSR count). The van der Waals surface area contributed by atoms with Crippen molar-refractivity contribution < 1.29 is 4.74 Å². The van der Waals surface area contributed by atoms with E-state index in [9.17, 15) is 0 Å². The van der Waals surface area contributed by atoms with Crippen molar-refractivity contribution >= 4 is 39.3 Å². The first-order valence-corrected chi connectivity index (χ1v) is 6.88. The van der Waals surface area contributed by atoms with Crippen LogP contribution in [0.5, 0.6) is 0 Å². The number of hydrogen-bond donors (Lipinski definition) is 1. The number of hydrogen-bond acceptors (Lipinski definition) is 3. The van der Waals surface area contributed by atoms with Gasteiger partial charge in [0.1, 0.15) is 5.65 Å². The molecule has 4 nitrogen and oxygen atoms in total. The largest absolute Gasteiger partial charge is 0.380 e. The van der Waals surface area contributed by atoms with Gasteiger partial charge in [-0.1, -0.05) is 0 Å². The summed E-state index contributed by atoms with van der Waals surface area (Å²) >= 11 is 2.33. The first-order valence-electron chi connectivity index (χ1n) is 5.80. The second-order valence-corrected chi connectivity index (χ2v) is 5.34. The van der Waals surface area contributed by atoms with Crippen LogP contribution in [0, 0.1) is 3.57 Å². The van der Waals surface area contributed by atoms with E-state index < -0.39 is 0 Å². The van der Waals surface area contributed by atoms with E-state index in [2.05, 4.69) is 43.5 Å². The minimum absolute atomic E-state index is 0.808. The van der Waals surface area contributed by atoms with Crippen molar-refractivity contribution in [3.63, 3.8) is 0 Å². The highest BCUT2D eigenvalue weighted by molar-refractivity contribution is 14.1. The topological polar surface area (TPSA) is 41.2 Å². The molecule has 1 aliphatic heterocycles.